The molecule has 3 heterocycles. The Morgan fingerprint density at radius 2 is 2.24 bits per heavy atom. The van der Waals surface area contributed by atoms with Crippen LogP contribution in [0.15, 0.2) is 35.5 Å². The highest BCUT2D eigenvalue weighted by Gasteiger charge is 2.07. The van der Waals surface area contributed by atoms with Crippen LogP contribution in [0.5, 0.6) is 0 Å². The molecule has 0 atom stereocenters. The summed E-state index contributed by atoms with van der Waals surface area (Å²) in [6.07, 6.45) is 3.39. The third-order valence-corrected chi connectivity index (χ3v) is 4.13. The van der Waals surface area contributed by atoms with Gasteiger partial charge in [-0.3, -0.25) is 4.99 Å². The normalized spacial score (nSPS) is 11.5. The van der Waals surface area contributed by atoms with Gasteiger partial charge in [-0.2, -0.15) is 0 Å². The Balaban J connectivity index is 2.09. The molecular formula is C15H14N4OS. The Kier molecular flexibility index (Phi) is 3.64. The number of aliphatic imine (C=N–C) groups is 1. The monoisotopic (exact) mass is 298 g/mol. The third kappa shape index (κ3) is 2.63. The van der Waals surface area contributed by atoms with Crippen molar-refractivity contribution < 1.29 is 5.11 Å². The van der Waals surface area contributed by atoms with E-state index in [0.29, 0.717) is 5.82 Å². The summed E-state index contributed by atoms with van der Waals surface area (Å²) in [5.41, 5.74) is 8.31. The molecule has 3 N–H and O–H groups in total. The molecule has 0 fully saturated rings. The van der Waals surface area contributed by atoms with E-state index >= 15 is 0 Å². The first-order chi connectivity index (χ1) is 10.2. The molecule has 106 valence electrons. The molecule has 21 heavy (non-hydrogen) atoms. The predicted octanol–water partition coefficient (Wildman–Crippen LogP) is 2.48. The number of hydrogen-bond acceptors (Lipinski definition) is 6. The number of pyridine rings is 2. The minimum absolute atomic E-state index is 0.0386. The summed E-state index contributed by atoms with van der Waals surface area (Å²) in [4.78, 5) is 14.6. The Labute approximate surface area is 125 Å². The van der Waals surface area contributed by atoms with E-state index in [1.165, 1.54) is 11.3 Å². The summed E-state index contributed by atoms with van der Waals surface area (Å²) in [7, 11) is 1.69. The van der Waals surface area contributed by atoms with Crippen molar-refractivity contribution in [3.8, 4) is 11.3 Å². The van der Waals surface area contributed by atoms with Crippen LogP contribution in [0.2, 0.25) is 0 Å². The topological polar surface area (TPSA) is 84.4 Å². The molecule has 0 radical (unpaired) electrons. The standard InChI is InChI=1S/C15H14N4OS/c1-17-6-11-4-10(7-18-14(11)16)13-3-2-9-5-12(8-20)21-15(9)19-13/h2-7,20H,8H2,1H3,(H2,16,18). The number of thiophene rings is 1. The molecule has 5 nitrogen and oxygen atoms in total. The number of aliphatic hydroxyl groups excluding tert-OH is 1. The molecule has 0 spiro atoms. The van der Waals surface area contributed by atoms with Gasteiger partial charge in [-0.15, -0.1) is 11.3 Å². The van der Waals surface area contributed by atoms with Gasteiger partial charge in [0, 0.05) is 40.8 Å². The predicted molar refractivity (Wildman–Crippen MR) is 86.7 cm³/mol. The second-order valence-corrected chi connectivity index (χ2v) is 5.66. The Morgan fingerprint density at radius 3 is 3.00 bits per heavy atom. The van der Waals surface area contributed by atoms with Crippen molar-refractivity contribution in [2.45, 2.75) is 6.61 Å². The van der Waals surface area contributed by atoms with E-state index in [2.05, 4.69) is 15.0 Å². The highest BCUT2D eigenvalue weighted by Crippen LogP contribution is 2.28. The average Bonchev–Trinajstić information content (AvgIpc) is 2.92. The van der Waals surface area contributed by atoms with Crippen molar-refractivity contribution >= 4 is 33.6 Å². The molecule has 0 amide bonds. The lowest BCUT2D eigenvalue weighted by molar-refractivity contribution is 0.285. The van der Waals surface area contributed by atoms with E-state index in [4.69, 9.17) is 5.73 Å². The maximum Gasteiger partial charge on any atom is 0.132 e. The maximum atomic E-state index is 9.20. The number of nitrogens with two attached hydrogens (primary N) is 1. The van der Waals surface area contributed by atoms with Gasteiger partial charge in [-0.05, 0) is 24.3 Å². The first-order valence-corrected chi connectivity index (χ1v) is 7.21. The molecule has 0 bridgehead atoms. The van der Waals surface area contributed by atoms with Crippen LogP contribution in [0.4, 0.5) is 5.82 Å². The average molecular weight is 298 g/mol. The Bertz CT molecular complexity index is 826. The van der Waals surface area contributed by atoms with E-state index in [0.717, 1.165) is 31.9 Å². The molecular weight excluding hydrogens is 284 g/mol. The van der Waals surface area contributed by atoms with Gasteiger partial charge in [0.15, 0.2) is 0 Å². The number of aliphatic hydroxyl groups is 1. The van der Waals surface area contributed by atoms with Crippen molar-refractivity contribution in [3.05, 3.63) is 40.9 Å². The van der Waals surface area contributed by atoms with Crippen LogP contribution in [0, 0.1) is 0 Å². The van der Waals surface area contributed by atoms with Crippen molar-refractivity contribution in [1.29, 1.82) is 0 Å². The van der Waals surface area contributed by atoms with Crippen molar-refractivity contribution in [1.82, 2.24) is 9.97 Å². The maximum absolute atomic E-state index is 9.20. The van der Waals surface area contributed by atoms with Gasteiger partial charge in [0.1, 0.15) is 10.6 Å². The highest BCUT2D eigenvalue weighted by molar-refractivity contribution is 7.18. The van der Waals surface area contributed by atoms with Gasteiger partial charge < -0.3 is 10.8 Å². The van der Waals surface area contributed by atoms with Gasteiger partial charge in [0.2, 0.25) is 0 Å². The molecule has 3 aromatic heterocycles. The third-order valence-electron chi connectivity index (χ3n) is 3.10. The summed E-state index contributed by atoms with van der Waals surface area (Å²) in [5, 5.41) is 10.2. The lowest BCUT2D eigenvalue weighted by Crippen LogP contribution is -1.98. The molecule has 0 aliphatic heterocycles. The fraction of sp³-hybridized carbons (Fsp3) is 0.133. The SMILES string of the molecule is CN=Cc1cc(-c2ccc3cc(CO)sc3n2)cnc1N. The zero-order chi connectivity index (χ0) is 14.8. The lowest BCUT2D eigenvalue weighted by atomic mass is 10.1. The van der Waals surface area contributed by atoms with Gasteiger partial charge in [-0.25, -0.2) is 9.97 Å². The van der Waals surface area contributed by atoms with Gasteiger partial charge >= 0.3 is 0 Å². The summed E-state index contributed by atoms with van der Waals surface area (Å²) in [5.74, 6) is 0.448. The zero-order valence-corrected chi connectivity index (χ0v) is 12.3. The number of nitrogen functional groups attached to an aromatic ring is 1. The van der Waals surface area contributed by atoms with Crippen LogP contribution in [0.1, 0.15) is 10.4 Å². The van der Waals surface area contributed by atoms with Gasteiger partial charge in [-0.1, -0.05) is 0 Å². The Morgan fingerprint density at radius 1 is 1.38 bits per heavy atom. The summed E-state index contributed by atoms with van der Waals surface area (Å²) < 4.78 is 0. The summed E-state index contributed by atoms with van der Waals surface area (Å²) >= 11 is 1.49. The first kappa shape index (κ1) is 13.7. The van der Waals surface area contributed by atoms with Crippen molar-refractivity contribution in [3.63, 3.8) is 0 Å². The first-order valence-electron chi connectivity index (χ1n) is 6.39. The number of anilines is 1. The number of nitrogens with zero attached hydrogens (tertiary/aromatic N) is 3. The fourth-order valence-electron chi connectivity index (χ4n) is 2.08. The number of fused-ring (bicyclic) bond motifs is 1. The molecule has 0 unspecified atom stereocenters. The largest absolute Gasteiger partial charge is 0.391 e. The summed E-state index contributed by atoms with van der Waals surface area (Å²) in [6, 6.07) is 7.81. The molecule has 0 aromatic carbocycles. The quantitative estimate of drug-likeness (QED) is 0.728. The smallest absolute Gasteiger partial charge is 0.132 e. The number of aromatic nitrogens is 2. The van der Waals surface area contributed by atoms with Crippen LogP contribution >= 0.6 is 11.3 Å². The van der Waals surface area contributed by atoms with Crippen molar-refractivity contribution in [2.24, 2.45) is 4.99 Å². The molecule has 0 aliphatic carbocycles. The van der Waals surface area contributed by atoms with Gasteiger partial charge in [0.05, 0.1) is 12.3 Å². The second kappa shape index (κ2) is 5.59. The lowest BCUT2D eigenvalue weighted by Gasteiger charge is -2.04. The molecule has 3 aromatic rings. The number of rotatable bonds is 3. The second-order valence-electron chi connectivity index (χ2n) is 4.55. The van der Waals surface area contributed by atoms with E-state index in [9.17, 15) is 5.11 Å². The van der Waals surface area contributed by atoms with Crippen LogP contribution in [-0.4, -0.2) is 28.3 Å². The van der Waals surface area contributed by atoms with Gasteiger partial charge in [0.25, 0.3) is 0 Å². The minimum Gasteiger partial charge on any atom is -0.391 e. The molecule has 3 rings (SSSR count). The van der Waals surface area contributed by atoms with E-state index in [1.807, 2.05) is 24.3 Å². The molecule has 6 heteroatoms. The molecule has 0 saturated heterocycles. The zero-order valence-electron chi connectivity index (χ0n) is 11.4. The van der Waals surface area contributed by atoms with E-state index < -0.39 is 0 Å². The van der Waals surface area contributed by atoms with Crippen LogP contribution in [0.3, 0.4) is 0 Å². The summed E-state index contributed by atoms with van der Waals surface area (Å²) in [6.45, 7) is 0.0386. The van der Waals surface area contributed by atoms with Crippen LogP contribution < -0.4 is 5.73 Å². The van der Waals surface area contributed by atoms with Crippen LogP contribution in [-0.2, 0) is 6.61 Å². The van der Waals surface area contributed by atoms with E-state index in [1.54, 1.807) is 19.5 Å². The van der Waals surface area contributed by atoms with E-state index in [-0.39, 0.29) is 6.61 Å². The fourth-order valence-corrected chi connectivity index (χ4v) is 2.97. The molecule has 0 aliphatic rings. The Hall–Kier alpha value is -2.31. The molecule has 0 saturated carbocycles. The van der Waals surface area contributed by atoms with Crippen LogP contribution in [0.25, 0.3) is 21.5 Å². The highest BCUT2D eigenvalue weighted by atomic mass is 32.1. The number of hydrogen-bond donors (Lipinski definition) is 2. The minimum atomic E-state index is 0.0386. The van der Waals surface area contributed by atoms with Crippen molar-refractivity contribution in [2.75, 3.05) is 12.8 Å².